The van der Waals surface area contributed by atoms with Gasteiger partial charge in [-0.1, -0.05) is 57.8 Å². The Morgan fingerprint density at radius 1 is 0.926 bits per heavy atom. The Morgan fingerprint density at radius 3 is 2.07 bits per heavy atom. The third-order valence-corrected chi connectivity index (χ3v) is 7.91. The van der Waals surface area contributed by atoms with Crippen molar-refractivity contribution in [3.63, 3.8) is 0 Å². The molecular weight excluding hydrogens is 358 g/mol. The molecule has 6 heteroatoms. The maximum atomic E-state index is 11.5. The Kier molecular flexibility index (Phi) is 12.7. The van der Waals surface area contributed by atoms with E-state index in [0.29, 0.717) is 12.5 Å². The molecule has 0 spiro atoms. The van der Waals surface area contributed by atoms with Gasteiger partial charge in [-0.3, -0.25) is 9.59 Å². The third-order valence-electron chi connectivity index (χ3n) is 5.38. The smallest absolute Gasteiger partial charge is 0.305 e. The second-order valence-electron chi connectivity index (χ2n) is 8.61. The molecule has 0 heterocycles. The van der Waals surface area contributed by atoms with Crippen molar-refractivity contribution in [1.82, 2.24) is 5.32 Å². The van der Waals surface area contributed by atoms with Crippen LogP contribution < -0.4 is 5.32 Å². The number of rotatable bonds is 16. The van der Waals surface area contributed by atoms with Crippen LogP contribution in [0.4, 0.5) is 0 Å². The second kappa shape index (κ2) is 14.2. The SMILES string of the molecule is C[Si](C)(CCCCCCCCCCC(=O)NCCC(=O)O)OC1CCCC1. The number of carbonyl (C=O) groups excluding carboxylic acids is 1. The predicted molar refractivity (Wildman–Crippen MR) is 112 cm³/mol. The van der Waals surface area contributed by atoms with Gasteiger partial charge in [-0.25, -0.2) is 0 Å². The Labute approximate surface area is 166 Å². The number of carbonyl (C=O) groups is 2. The lowest BCUT2D eigenvalue weighted by Gasteiger charge is -2.27. The molecule has 0 aliphatic heterocycles. The standard InChI is InChI=1S/C21H41NO4Si/c1-27(2,26-19-13-10-11-14-19)18-12-8-6-4-3-5-7-9-15-20(23)22-17-16-21(24)25/h19H,3-18H2,1-2H3,(H,22,23)(H,24,25). The summed E-state index contributed by atoms with van der Waals surface area (Å²) in [7, 11) is -1.45. The summed E-state index contributed by atoms with van der Waals surface area (Å²) in [5.74, 6) is -0.898. The van der Waals surface area contributed by atoms with Crippen LogP contribution in [0.25, 0.3) is 0 Å². The van der Waals surface area contributed by atoms with Gasteiger partial charge in [-0.05, 0) is 38.4 Å². The van der Waals surface area contributed by atoms with Crippen molar-refractivity contribution < 1.29 is 19.1 Å². The summed E-state index contributed by atoms with van der Waals surface area (Å²) < 4.78 is 6.40. The van der Waals surface area contributed by atoms with E-state index >= 15 is 0 Å². The van der Waals surface area contributed by atoms with Crippen LogP contribution in [0.3, 0.4) is 0 Å². The first-order valence-electron chi connectivity index (χ1n) is 11.1. The minimum atomic E-state index is -1.45. The van der Waals surface area contributed by atoms with Crippen molar-refractivity contribution in [1.29, 1.82) is 0 Å². The Bertz CT molecular complexity index is 422. The van der Waals surface area contributed by atoms with E-state index in [4.69, 9.17) is 9.53 Å². The average molecular weight is 400 g/mol. The van der Waals surface area contributed by atoms with Crippen LogP contribution in [0, 0.1) is 0 Å². The molecule has 0 aromatic heterocycles. The third kappa shape index (κ3) is 13.9. The minimum absolute atomic E-state index is 0.00187. The lowest BCUT2D eigenvalue weighted by atomic mass is 10.1. The van der Waals surface area contributed by atoms with Gasteiger partial charge in [0.2, 0.25) is 5.91 Å². The van der Waals surface area contributed by atoms with Crippen molar-refractivity contribution >= 4 is 20.2 Å². The van der Waals surface area contributed by atoms with Gasteiger partial charge in [0.05, 0.1) is 6.42 Å². The first-order valence-corrected chi connectivity index (χ1v) is 14.2. The van der Waals surface area contributed by atoms with Gasteiger partial charge in [0, 0.05) is 19.1 Å². The zero-order valence-corrected chi connectivity index (χ0v) is 18.6. The van der Waals surface area contributed by atoms with Gasteiger partial charge in [-0.15, -0.1) is 0 Å². The van der Waals surface area contributed by atoms with Gasteiger partial charge < -0.3 is 14.8 Å². The van der Waals surface area contributed by atoms with E-state index in [-0.39, 0.29) is 18.9 Å². The minimum Gasteiger partial charge on any atom is -0.481 e. The van der Waals surface area contributed by atoms with Crippen LogP contribution in [-0.4, -0.2) is 37.9 Å². The van der Waals surface area contributed by atoms with Crippen molar-refractivity contribution in [2.24, 2.45) is 0 Å². The highest BCUT2D eigenvalue weighted by Gasteiger charge is 2.27. The lowest BCUT2D eigenvalue weighted by Crippen LogP contribution is -2.34. The van der Waals surface area contributed by atoms with Crippen LogP contribution in [0.2, 0.25) is 19.1 Å². The fourth-order valence-corrected chi connectivity index (χ4v) is 6.17. The molecule has 1 amide bonds. The maximum absolute atomic E-state index is 11.5. The molecule has 1 aliphatic carbocycles. The van der Waals surface area contributed by atoms with E-state index in [1.165, 1.54) is 70.3 Å². The second-order valence-corrected chi connectivity index (χ2v) is 12.9. The number of unbranched alkanes of at least 4 members (excludes halogenated alkanes) is 7. The van der Waals surface area contributed by atoms with Gasteiger partial charge in [0.25, 0.3) is 0 Å². The van der Waals surface area contributed by atoms with Crippen molar-refractivity contribution in [2.75, 3.05) is 6.54 Å². The molecule has 0 unspecified atom stereocenters. The summed E-state index contributed by atoms with van der Waals surface area (Å²) in [5.41, 5.74) is 0. The fourth-order valence-electron chi connectivity index (χ4n) is 3.81. The van der Waals surface area contributed by atoms with Crippen molar-refractivity contribution in [3.05, 3.63) is 0 Å². The molecule has 0 aromatic carbocycles. The Balaban J connectivity index is 1.85. The summed E-state index contributed by atoms with van der Waals surface area (Å²) >= 11 is 0. The van der Waals surface area contributed by atoms with E-state index in [1.54, 1.807) is 0 Å². The number of nitrogens with one attached hydrogen (secondary N) is 1. The zero-order chi connectivity index (χ0) is 20.0. The molecule has 0 bridgehead atoms. The molecule has 0 aromatic rings. The van der Waals surface area contributed by atoms with Crippen LogP contribution in [0.5, 0.6) is 0 Å². The lowest BCUT2D eigenvalue weighted by molar-refractivity contribution is -0.136. The molecule has 5 nitrogen and oxygen atoms in total. The van der Waals surface area contributed by atoms with E-state index in [0.717, 1.165) is 12.8 Å². The number of carboxylic acid groups (broad SMARTS) is 1. The topological polar surface area (TPSA) is 75.6 Å². The number of hydrogen-bond acceptors (Lipinski definition) is 3. The van der Waals surface area contributed by atoms with E-state index in [2.05, 4.69) is 18.4 Å². The molecule has 1 fully saturated rings. The molecular formula is C21H41NO4Si. The molecule has 0 radical (unpaired) electrons. The maximum Gasteiger partial charge on any atom is 0.305 e. The van der Waals surface area contributed by atoms with Crippen LogP contribution in [0.15, 0.2) is 0 Å². The van der Waals surface area contributed by atoms with Crippen molar-refractivity contribution in [3.8, 4) is 0 Å². The largest absolute Gasteiger partial charge is 0.481 e. The molecule has 1 aliphatic rings. The first kappa shape index (κ1) is 24.2. The molecule has 1 rings (SSSR count). The monoisotopic (exact) mass is 399 g/mol. The number of amides is 1. The number of hydrogen-bond donors (Lipinski definition) is 2. The van der Waals surface area contributed by atoms with Gasteiger partial charge in [0.15, 0.2) is 8.32 Å². The quantitative estimate of drug-likeness (QED) is 0.274. The van der Waals surface area contributed by atoms with Crippen LogP contribution >= 0.6 is 0 Å². The molecule has 0 atom stereocenters. The molecule has 27 heavy (non-hydrogen) atoms. The molecule has 0 saturated heterocycles. The summed E-state index contributed by atoms with van der Waals surface area (Å²) in [6.07, 6.45) is 16.0. The van der Waals surface area contributed by atoms with E-state index < -0.39 is 14.3 Å². The average Bonchev–Trinajstić information content (AvgIpc) is 3.08. The summed E-state index contributed by atoms with van der Waals surface area (Å²) in [5, 5.41) is 11.2. The van der Waals surface area contributed by atoms with Crippen LogP contribution in [0.1, 0.15) is 89.9 Å². The first-order chi connectivity index (χ1) is 12.9. The highest BCUT2D eigenvalue weighted by molar-refractivity contribution is 6.71. The summed E-state index contributed by atoms with van der Waals surface area (Å²) in [4.78, 5) is 21.9. The highest BCUT2D eigenvalue weighted by Crippen LogP contribution is 2.27. The highest BCUT2D eigenvalue weighted by atomic mass is 28.4. The Hall–Kier alpha value is -0.883. The zero-order valence-electron chi connectivity index (χ0n) is 17.6. The molecule has 158 valence electrons. The van der Waals surface area contributed by atoms with Gasteiger partial charge in [-0.2, -0.15) is 0 Å². The fraction of sp³-hybridized carbons (Fsp3) is 0.905. The van der Waals surface area contributed by atoms with E-state index in [9.17, 15) is 9.59 Å². The normalized spacial score (nSPS) is 15.2. The van der Waals surface area contributed by atoms with Crippen molar-refractivity contribution in [2.45, 2.75) is 115 Å². The number of carboxylic acids is 1. The predicted octanol–water partition coefficient (Wildman–Crippen LogP) is 5.25. The van der Waals surface area contributed by atoms with E-state index in [1.807, 2.05) is 0 Å². The molecule has 1 saturated carbocycles. The number of aliphatic carboxylic acids is 1. The van der Waals surface area contributed by atoms with Gasteiger partial charge in [0.1, 0.15) is 0 Å². The summed E-state index contributed by atoms with van der Waals surface area (Å²) in [6, 6.07) is 1.29. The van der Waals surface area contributed by atoms with Gasteiger partial charge >= 0.3 is 5.97 Å². The van der Waals surface area contributed by atoms with Crippen LogP contribution in [-0.2, 0) is 14.0 Å². The Morgan fingerprint density at radius 2 is 1.48 bits per heavy atom. The summed E-state index contributed by atoms with van der Waals surface area (Å²) in [6.45, 7) is 4.99. The molecule has 2 N–H and O–H groups in total.